The molecule has 0 amide bonds. The Labute approximate surface area is 96.0 Å². The van der Waals surface area contributed by atoms with Crippen molar-refractivity contribution < 1.29 is 0 Å². The van der Waals surface area contributed by atoms with Gasteiger partial charge < -0.3 is 5.32 Å². The third-order valence-electron chi connectivity index (χ3n) is 4.37. The van der Waals surface area contributed by atoms with Gasteiger partial charge in [-0.2, -0.15) is 0 Å². The molecular weight excluding hydrogens is 182 g/mol. The van der Waals surface area contributed by atoms with Gasteiger partial charge in [-0.3, -0.25) is 0 Å². The first kappa shape index (κ1) is 13.0. The van der Waals surface area contributed by atoms with Crippen LogP contribution in [0.25, 0.3) is 0 Å². The van der Waals surface area contributed by atoms with Crippen LogP contribution in [0.15, 0.2) is 0 Å². The maximum Gasteiger partial charge on any atom is -0.00489 e. The SMILES string of the molecule is C1CCNCC1.CCC1(CC)CCCC1. The lowest BCUT2D eigenvalue weighted by atomic mass is 9.81. The van der Waals surface area contributed by atoms with Crippen LogP contribution in [0.5, 0.6) is 0 Å². The number of hydrogen-bond acceptors (Lipinski definition) is 1. The number of piperidine rings is 1. The zero-order valence-corrected chi connectivity index (χ0v) is 10.8. The van der Waals surface area contributed by atoms with Crippen LogP contribution in [0, 0.1) is 5.41 Å². The maximum atomic E-state index is 3.28. The highest BCUT2D eigenvalue weighted by Gasteiger charge is 2.29. The smallest absolute Gasteiger partial charge is 0.00489 e. The van der Waals surface area contributed by atoms with E-state index < -0.39 is 0 Å². The normalized spacial score (nSPS) is 24.4. The quantitative estimate of drug-likeness (QED) is 0.724. The predicted molar refractivity (Wildman–Crippen MR) is 68.2 cm³/mol. The number of rotatable bonds is 2. The first-order chi connectivity index (χ1) is 7.33. The summed E-state index contributed by atoms with van der Waals surface area (Å²) >= 11 is 0. The Morgan fingerprint density at radius 2 is 1.33 bits per heavy atom. The van der Waals surface area contributed by atoms with E-state index >= 15 is 0 Å². The van der Waals surface area contributed by atoms with E-state index in [4.69, 9.17) is 0 Å². The molecule has 0 aromatic carbocycles. The van der Waals surface area contributed by atoms with Crippen LogP contribution in [-0.4, -0.2) is 13.1 Å². The third kappa shape index (κ3) is 4.55. The molecule has 90 valence electrons. The van der Waals surface area contributed by atoms with Gasteiger partial charge in [0.1, 0.15) is 0 Å². The monoisotopic (exact) mass is 211 g/mol. The molecule has 1 aliphatic carbocycles. The Balaban J connectivity index is 0.000000162. The van der Waals surface area contributed by atoms with E-state index in [1.54, 1.807) is 0 Å². The van der Waals surface area contributed by atoms with Gasteiger partial charge in [0.05, 0.1) is 0 Å². The standard InChI is InChI=1S/C9H18.C5H11N/c1-3-9(4-2)7-5-6-8-9;1-2-4-6-5-3-1/h3-8H2,1-2H3;6H,1-5H2. The van der Waals surface area contributed by atoms with Crippen molar-refractivity contribution in [3.63, 3.8) is 0 Å². The largest absolute Gasteiger partial charge is 0.317 e. The van der Waals surface area contributed by atoms with E-state index in [0.29, 0.717) is 0 Å². The second-order valence-electron chi connectivity index (χ2n) is 5.22. The van der Waals surface area contributed by atoms with Gasteiger partial charge in [0, 0.05) is 0 Å². The number of nitrogens with one attached hydrogen (secondary N) is 1. The maximum absolute atomic E-state index is 3.28. The molecule has 1 heteroatoms. The first-order valence-corrected chi connectivity index (χ1v) is 7.04. The Kier molecular flexibility index (Phi) is 6.31. The van der Waals surface area contributed by atoms with Crippen LogP contribution in [0.2, 0.25) is 0 Å². The van der Waals surface area contributed by atoms with Gasteiger partial charge >= 0.3 is 0 Å². The van der Waals surface area contributed by atoms with E-state index in [2.05, 4.69) is 19.2 Å². The van der Waals surface area contributed by atoms with Crippen molar-refractivity contribution in [2.75, 3.05) is 13.1 Å². The van der Waals surface area contributed by atoms with Crippen LogP contribution < -0.4 is 5.32 Å². The van der Waals surface area contributed by atoms with E-state index in [1.807, 2.05) is 0 Å². The minimum Gasteiger partial charge on any atom is -0.317 e. The molecule has 15 heavy (non-hydrogen) atoms. The summed E-state index contributed by atoms with van der Waals surface area (Å²) in [5, 5.41) is 3.28. The van der Waals surface area contributed by atoms with Crippen LogP contribution in [0.4, 0.5) is 0 Å². The fourth-order valence-electron chi connectivity index (χ4n) is 2.88. The topological polar surface area (TPSA) is 12.0 Å². The first-order valence-electron chi connectivity index (χ1n) is 7.04. The molecule has 1 aliphatic heterocycles. The van der Waals surface area contributed by atoms with Crippen molar-refractivity contribution in [2.45, 2.75) is 71.6 Å². The predicted octanol–water partition coefficient (Wildman–Crippen LogP) is 4.13. The molecule has 1 nitrogen and oxygen atoms in total. The average molecular weight is 211 g/mol. The lowest BCUT2D eigenvalue weighted by Gasteiger charge is -2.24. The second-order valence-corrected chi connectivity index (χ2v) is 5.22. The molecule has 1 N–H and O–H groups in total. The average Bonchev–Trinajstić information content (AvgIpc) is 2.81. The summed E-state index contributed by atoms with van der Waals surface area (Å²) in [5.74, 6) is 0. The summed E-state index contributed by atoms with van der Waals surface area (Å²) in [5.41, 5.74) is 0.778. The lowest BCUT2D eigenvalue weighted by molar-refractivity contribution is 0.273. The summed E-state index contributed by atoms with van der Waals surface area (Å²) < 4.78 is 0. The molecule has 0 radical (unpaired) electrons. The summed E-state index contributed by atoms with van der Waals surface area (Å²) in [6.07, 6.45) is 13.0. The van der Waals surface area contributed by atoms with Gasteiger partial charge in [0.25, 0.3) is 0 Å². The Hall–Kier alpha value is -0.0400. The highest BCUT2D eigenvalue weighted by Crippen LogP contribution is 2.43. The van der Waals surface area contributed by atoms with Crippen molar-refractivity contribution in [1.29, 1.82) is 0 Å². The van der Waals surface area contributed by atoms with E-state index in [1.165, 1.54) is 70.9 Å². The molecule has 1 saturated carbocycles. The highest BCUT2D eigenvalue weighted by atomic mass is 14.9. The zero-order valence-electron chi connectivity index (χ0n) is 10.8. The molecule has 0 atom stereocenters. The van der Waals surface area contributed by atoms with E-state index in [9.17, 15) is 0 Å². The van der Waals surface area contributed by atoms with Crippen molar-refractivity contribution in [1.82, 2.24) is 5.32 Å². The summed E-state index contributed by atoms with van der Waals surface area (Å²) in [7, 11) is 0. The molecule has 2 fully saturated rings. The van der Waals surface area contributed by atoms with Crippen LogP contribution >= 0.6 is 0 Å². The minimum atomic E-state index is 0.778. The molecule has 1 heterocycles. The van der Waals surface area contributed by atoms with Gasteiger partial charge in [-0.1, -0.05) is 46.0 Å². The Morgan fingerprint density at radius 3 is 1.53 bits per heavy atom. The Morgan fingerprint density at radius 1 is 0.800 bits per heavy atom. The molecule has 0 aromatic heterocycles. The molecule has 2 rings (SSSR count). The van der Waals surface area contributed by atoms with Crippen molar-refractivity contribution >= 4 is 0 Å². The molecular formula is C14H29N. The van der Waals surface area contributed by atoms with E-state index in [0.717, 1.165) is 5.41 Å². The lowest BCUT2D eigenvalue weighted by Crippen LogP contribution is -2.21. The van der Waals surface area contributed by atoms with Gasteiger partial charge in [-0.15, -0.1) is 0 Å². The molecule has 0 spiro atoms. The van der Waals surface area contributed by atoms with Crippen molar-refractivity contribution in [3.8, 4) is 0 Å². The summed E-state index contributed by atoms with van der Waals surface area (Å²) in [4.78, 5) is 0. The van der Waals surface area contributed by atoms with Crippen LogP contribution in [0.3, 0.4) is 0 Å². The van der Waals surface area contributed by atoms with Crippen molar-refractivity contribution in [2.24, 2.45) is 5.41 Å². The highest BCUT2D eigenvalue weighted by molar-refractivity contribution is 4.81. The zero-order chi connectivity index (χ0) is 11.0. The minimum absolute atomic E-state index is 0.778. The van der Waals surface area contributed by atoms with Crippen LogP contribution in [0.1, 0.15) is 71.6 Å². The Bertz CT molecular complexity index is 126. The van der Waals surface area contributed by atoms with Gasteiger partial charge in [0.15, 0.2) is 0 Å². The third-order valence-corrected chi connectivity index (χ3v) is 4.37. The van der Waals surface area contributed by atoms with Gasteiger partial charge in [0.2, 0.25) is 0 Å². The van der Waals surface area contributed by atoms with E-state index in [-0.39, 0.29) is 0 Å². The molecule has 0 aromatic rings. The molecule has 2 aliphatic rings. The summed E-state index contributed by atoms with van der Waals surface area (Å²) in [6.45, 7) is 7.18. The number of hydrogen-bond donors (Lipinski definition) is 1. The molecule has 0 unspecified atom stereocenters. The fraction of sp³-hybridized carbons (Fsp3) is 1.00. The second kappa shape index (κ2) is 7.27. The summed E-state index contributed by atoms with van der Waals surface area (Å²) in [6, 6.07) is 0. The molecule has 0 bridgehead atoms. The molecule has 1 saturated heterocycles. The van der Waals surface area contributed by atoms with Crippen molar-refractivity contribution in [3.05, 3.63) is 0 Å². The van der Waals surface area contributed by atoms with Gasteiger partial charge in [-0.05, 0) is 44.2 Å². The van der Waals surface area contributed by atoms with Crippen LogP contribution in [-0.2, 0) is 0 Å². The van der Waals surface area contributed by atoms with Gasteiger partial charge in [-0.25, -0.2) is 0 Å². The fourth-order valence-corrected chi connectivity index (χ4v) is 2.88.